The molecule has 0 aliphatic carbocycles. The molecule has 0 spiro atoms. The number of nitrogens with two attached hydrogens (primary N) is 1. The zero-order valence-electron chi connectivity index (χ0n) is 13.5. The van der Waals surface area contributed by atoms with Crippen LogP contribution in [0, 0.1) is 0 Å². The first-order valence-electron chi connectivity index (χ1n) is 7.61. The highest BCUT2D eigenvalue weighted by atomic mass is 19.4. The van der Waals surface area contributed by atoms with Crippen molar-refractivity contribution < 1.29 is 22.3 Å². The van der Waals surface area contributed by atoms with Crippen LogP contribution in [0.25, 0.3) is 0 Å². The minimum atomic E-state index is -4.41. The van der Waals surface area contributed by atoms with E-state index in [-0.39, 0.29) is 30.4 Å². The predicted molar refractivity (Wildman–Crippen MR) is 83.8 cm³/mol. The molecule has 1 saturated heterocycles. The minimum Gasteiger partial charge on any atom is -0.467 e. The molecule has 3 N–H and O–H groups in total. The molecule has 10 heteroatoms. The van der Waals surface area contributed by atoms with Gasteiger partial charge in [0.25, 0.3) is 0 Å². The first-order valence-corrected chi connectivity index (χ1v) is 7.61. The highest BCUT2D eigenvalue weighted by Crippen LogP contribution is 2.30. The van der Waals surface area contributed by atoms with Crippen molar-refractivity contribution in [3.8, 4) is 0 Å². The lowest BCUT2D eigenvalue weighted by Gasteiger charge is -2.17. The molecule has 0 aromatic carbocycles. The van der Waals surface area contributed by atoms with Crippen molar-refractivity contribution in [2.24, 2.45) is 0 Å². The van der Waals surface area contributed by atoms with E-state index >= 15 is 0 Å². The fraction of sp³-hybridized carbons (Fsp3) is 0.467. The van der Waals surface area contributed by atoms with Crippen LogP contribution in [0.5, 0.6) is 0 Å². The molecule has 3 rings (SSSR count). The number of ether oxygens (including phenoxy) is 1. The maximum Gasteiger partial charge on any atom is 0.419 e. The molecule has 7 nitrogen and oxygen atoms in total. The maximum absolute atomic E-state index is 12.6. The largest absolute Gasteiger partial charge is 0.467 e. The third-order valence-corrected chi connectivity index (χ3v) is 4.07. The lowest BCUT2D eigenvalue weighted by atomic mass is 10.2. The first kappa shape index (κ1) is 17.5. The van der Waals surface area contributed by atoms with Crippen LogP contribution in [0.4, 0.5) is 24.9 Å². The van der Waals surface area contributed by atoms with Crippen molar-refractivity contribution in [2.45, 2.75) is 24.9 Å². The Hall–Kier alpha value is -2.33. The van der Waals surface area contributed by atoms with Crippen LogP contribution < -0.4 is 16.0 Å². The fourth-order valence-corrected chi connectivity index (χ4v) is 2.79. The summed E-state index contributed by atoms with van der Waals surface area (Å²) in [5.41, 5.74) is 4.81. The number of halogens is 3. The maximum atomic E-state index is 12.6. The van der Waals surface area contributed by atoms with E-state index in [1.54, 1.807) is 19.4 Å². The number of alkyl halides is 3. The van der Waals surface area contributed by atoms with E-state index < -0.39 is 11.7 Å². The van der Waals surface area contributed by atoms with E-state index in [2.05, 4.69) is 15.3 Å². The van der Waals surface area contributed by atoms with Crippen LogP contribution in [0.15, 0.2) is 29.0 Å². The van der Waals surface area contributed by atoms with Crippen molar-refractivity contribution in [1.82, 2.24) is 15.3 Å². The molecule has 1 fully saturated rings. The highest BCUT2D eigenvalue weighted by molar-refractivity contribution is 5.43. The van der Waals surface area contributed by atoms with E-state index in [4.69, 9.17) is 14.9 Å². The number of hydrogen-bond acceptors (Lipinski definition) is 7. The molecule has 25 heavy (non-hydrogen) atoms. The van der Waals surface area contributed by atoms with Gasteiger partial charge in [0.05, 0.1) is 24.3 Å². The average molecular weight is 357 g/mol. The second-order valence-corrected chi connectivity index (χ2v) is 5.74. The molecular weight excluding hydrogens is 339 g/mol. The van der Waals surface area contributed by atoms with Gasteiger partial charge in [-0.1, -0.05) is 0 Å². The van der Waals surface area contributed by atoms with Gasteiger partial charge in [0.1, 0.15) is 17.8 Å². The molecule has 1 aliphatic heterocycles. The van der Waals surface area contributed by atoms with Gasteiger partial charge in [-0.25, -0.2) is 4.98 Å². The first-order chi connectivity index (χ1) is 11.9. The third-order valence-electron chi connectivity index (χ3n) is 4.07. The van der Waals surface area contributed by atoms with Gasteiger partial charge in [0.15, 0.2) is 0 Å². The summed E-state index contributed by atoms with van der Waals surface area (Å²) in [4.78, 5) is 10.0. The molecule has 2 aromatic rings. The monoisotopic (exact) mass is 357 g/mol. The SMILES string of the molecule is CO[C@@H]1CN(c2ccnc(N)n2)C[C@@H]1NCc1cc(C(F)(F)F)co1. The Bertz CT molecular complexity index is 721. The highest BCUT2D eigenvalue weighted by Gasteiger charge is 2.35. The van der Waals surface area contributed by atoms with Gasteiger partial charge < -0.3 is 25.1 Å². The number of anilines is 2. The minimum absolute atomic E-state index is 0.0966. The van der Waals surface area contributed by atoms with E-state index in [1.165, 1.54) is 0 Å². The molecule has 136 valence electrons. The van der Waals surface area contributed by atoms with Crippen molar-refractivity contribution in [3.05, 3.63) is 35.9 Å². The zero-order chi connectivity index (χ0) is 18.0. The van der Waals surface area contributed by atoms with Gasteiger partial charge in [0, 0.05) is 26.4 Å². The zero-order valence-corrected chi connectivity index (χ0v) is 13.5. The van der Waals surface area contributed by atoms with Crippen molar-refractivity contribution >= 4 is 11.8 Å². The third kappa shape index (κ3) is 4.02. The Kier molecular flexibility index (Phi) is 4.82. The molecule has 2 aromatic heterocycles. The van der Waals surface area contributed by atoms with Gasteiger partial charge in [-0.15, -0.1) is 0 Å². The molecule has 0 unspecified atom stereocenters. The average Bonchev–Trinajstić information content (AvgIpc) is 3.19. The molecule has 3 heterocycles. The van der Waals surface area contributed by atoms with E-state index in [0.717, 1.165) is 12.3 Å². The molecule has 2 atom stereocenters. The number of hydrogen-bond donors (Lipinski definition) is 2. The van der Waals surface area contributed by atoms with Crippen molar-refractivity contribution in [2.75, 3.05) is 30.8 Å². The van der Waals surface area contributed by atoms with E-state index in [9.17, 15) is 13.2 Å². The fourth-order valence-electron chi connectivity index (χ4n) is 2.79. The Labute approximate surface area is 142 Å². The van der Waals surface area contributed by atoms with Crippen molar-refractivity contribution in [3.63, 3.8) is 0 Å². The molecule has 1 aliphatic rings. The lowest BCUT2D eigenvalue weighted by molar-refractivity contribution is -0.137. The van der Waals surface area contributed by atoms with Crippen LogP contribution in [0.3, 0.4) is 0 Å². The molecule has 0 radical (unpaired) electrons. The number of nitrogen functional groups attached to an aromatic ring is 1. The standard InChI is InChI=1S/C15H18F3N5O2/c1-24-12-7-23(13-2-3-20-14(19)22-13)6-11(12)21-5-10-4-9(8-25-10)15(16,17)18/h2-4,8,11-12,21H,5-7H2,1H3,(H2,19,20,22)/t11-,12+/m0/s1. The molecular formula is C15H18F3N5O2. The van der Waals surface area contributed by atoms with E-state index in [1.807, 2.05) is 4.90 Å². The number of furan rings is 1. The smallest absolute Gasteiger partial charge is 0.419 e. The van der Waals surface area contributed by atoms with Crippen LogP contribution in [-0.4, -0.2) is 42.3 Å². The van der Waals surface area contributed by atoms with Crippen LogP contribution in [-0.2, 0) is 17.5 Å². The second-order valence-electron chi connectivity index (χ2n) is 5.74. The van der Waals surface area contributed by atoms with Gasteiger partial charge >= 0.3 is 6.18 Å². The normalized spacial score (nSPS) is 21.0. The van der Waals surface area contributed by atoms with Crippen molar-refractivity contribution in [1.29, 1.82) is 0 Å². The Morgan fingerprint density at radius 2 is 2.24 bits per heavy atom. The summed E-state index contributed by atoms with van der Waals surface area (Å²) in [5.74, 6) is 1.07. The van der Waals surface area contributed by atoms with Gasteiger partial charge in [-0.2, -0.15) is 18.2 Å². The summed E-state index contributed by atoms with van der Waals surface area (Å²) < 4.78 is 48.2. The summed E-state index contributed by atoms with van der Waals surface area (Å²) in [5, 5.41) is 3.18. The number of aromatic nitrogens is 2. The number of nitrogens with zero attached hydrogens (tertiary/aromatic N) is 3. The summed E-state index contributed by atoms with van der Waals surface area (Å²) in [6, 6.07) is 2.64. The van der Waals surface area contributed by atoms with Crippen LogP contribution in [0.1, 0.15) is 11.3 Å². The summed E-state index contributed by atoms with van der Waals surface area (Å²) >= 11 is 0. The van der Waals surface area contributed by atoms with Gasteiger partial charge in [-0.3, -0.25) is 0 Å². The summed E-state index contributed by atoms with van der Waals surface area (Å²) in [7, 11) is 1.59. The molecule has 0 amide bonds. The Balaban J connectivity index is 1.63. The van der Waals surface area contributed by atoms with Gasteiger partial charge in [0.2, 0.25) is 5.95 Å². The van der Waals surface area contributed by atoms with Gasteiger partial charge in [-0.05, 0) is 12.1 Å². The molecule has 0 saturated carbocycles. The molecule has 0 bridgehead atoms. The quantitative estimate of drug-likeness (QED) is 0.841. The van der Waals surface area contributed by atoms with Crippen LogP contribution >= 0.6 is 0 Å². The Morgan fingerprint density at radius 1 is 1.44 bits per heavy atom. The second kappa shape index (κ2) is 6.89. The number of methoxy groups -OCH3 is 1. The topological polar surface area (TPSA) is 89.4 Å². The van der Waals surface area contributed by atoms with E-state index in [0.29, 0.717) is 18.9 Å². The Morgan fingerprint density at radius 3 is 2.88 bits per heavy atom. The van der Waals surface area contributed by atoms with Crippen LogP contribution in [0.2, 0.25) is 0 Å². The predicted octanol–water partition coefficient (Wildman–Crippen LogP) is 1.66. The summed E-state index contributed by atoms with van der Waals surface area (Å²) in [6.07, 6.45) is -2.27. The summed E-state index contributed by atoms with van der Waals surface area (Å²) in [6.45, 7) is 1.32. The number of rotatable bonds is 5. The lowest BCUT2D eigenvalue weighted by Crippen LogP contribution is -2.39. The number of nitrogens with one attached hydrogen (secondary N) is 1.